The molecule has 100 valence electrons. The van der Waals surface area contributed by atoms with Gasteiger partial charge >= 0.3 is 0 Å². The fourth-order valence-electron chi connectivity index (χ4n) is 1.58. The van der Waals surface area contributed by atoms with Gasteiger partial charge in [0.1, 0.15) is 0 Å². The van der Waals surface area contributed by atoms with Crippen molar-refractivity contribution in [2.24, 2.45) is 0 Å². The maximum atomic E-state index is 11.4. The van der Waals surface area contributed by atoms with E-state index in [0.29, 0.717) is 30.9 Å². The Bertz CT molecular complexity index is 393. The molecule has 0 unspecified atom stereocenters. The van der Waals surface area contributed by atoms with Crippen LogP contribution in [0.5, 0.6) is 11.5 Å². The zero-order valence-corrected chi connectivity index (χ0v) is 10.7. The number of rotatable bonds is 7. The molecule has 1 amide bonds. The van der Waals surface area contributed by atoms with Crippen LogP contribution in [0.15, 0.2) is 18.2 Å². The van der Waals surface area contributed by atoms with E-state index in [2.05, 4.69) is 5.32 Å². The molecule has 0 aliphatic carbocycles. The van der Waals surface area contributed by atoms with Gasteiger partial charge in [-0.15, -0.1) is 0 Å². The molecule has 1 aromatic carbocycles. The molecule has 0 aromatic heterocycles. The van der Waals surface area contributed by atoms with Crippen molar-refractivity contribution in [2.45, 2.75) is 12.8 Å². The molecule has 0 bridgehead atoms. The van der Waals surface area contributed by atoms with Crippen LogP contribution < -0.4 is 14.8 Å². The zero-order valence-electron chi connectivity index (χ0n) is 10.7. The van der Waals surface area contributed by atoms with Gasteiger partial charge in [0.05, 0.1) is 20.8 Å². The van der Waals surface area contributed by atoms with Crippen LogP contribution in [-0.2, 0) is 11.2 Å². The Balaban J connectivity index is 2.55. The Hall–Kier alpha value is -1.75. The fraction of sp³-hybridized carbons (Fsp3) is 0.462. The van der Waals surface area contributed by atoms with E-state index in [9.17, 15) is 4.79 Å². The molecule has 0 heterocycles. The van der Waals surface area contributed by atoms with Gasteiger partial charge in [-0.25, -0.2) is 0 Å². The first-order valence-corrected chi connectivity index (χ1v) is 5.79. The topological polar surface area (TPSA) is 67.8 Å². The van der Waals surface area contributed by atoms with E-state index in [4.69, 9.17) is 14.6 Å². The number of ether oxygens (including phenoxy) is 2. The molecule has 0 radical (unpaired) electrons. The summed E-state index contributed by atoms with van der Waals surface area (Å²) in [7, 11) is 3.16. The lowest BCUT2D eigenvalue weighted by Crippen LogP contribution is -2.26. The van der Waals surface area contributed by atoms with Crippen LogP contribution in [0, 0.1) is 0 Å². The molecular weight excluding hydrogens is 234 g/mol. The van der Waals surface area contributed by atoms with Crippen molar-refractivity contribution < 1.29 is 19.4 Å². The Labute approximate surface area is 107 Å². The van der Waals surface area contributed by atoms with Crippen molar-refractivity contribution in [3.8, 4) is 11.5 Å². The Morgan fingerprint density at radius 1 is 1.28 bits per heavy atom. The quantitative estimate of drug-likeness (QED) is 0.752. The Morgan fingerprint density at radius 3 is 2.61 bits per heavy atom. The minimum atomic E-state index is -0.0705. The summed E-state index contributed by atoms with van der Waals surface area (Å²) in [4.78, 5) is 11.4. The lowest BCUT2D eigenvalue weighted by atomic mass is 10.1. The maximum Gasteiger partial charge on any atom is 0.220 e. The van der Waals surface area contributed by atoms with Gasteiger partial charge in [-0.2, -0.15) is 0 Å². The third kappa shape index (κ3) is 4.25. The molecule has 0 spiro atoms. The molecule has 0 fully saturated rings. The van der Waals surface area contributed by atoms with Crippen molar-refractivity contribution in [3.05, 3.63) is 23.8 Å². The molecule has 0 aliphatic heterocycles. The van der Waals surface area contributed by atoms with E-state index in [1.165, 1.54) is 0 Å². The highest BCUT2D eigenvalue weighted by Gasteiger charge is 2.06. The average molecular weight is 253 g/mol. The number of aliphatic hydroxyl groups is 1. The van der Waals surface area contributed by atoms with Gasteiger partial charge in [-0.05, 0) is 24.1 Å². The molecule has 5 heteroatoms. The second-order valence-corrected chi connectivity index (χ2v) is 3.76. The number of methoxy groups -OCH3 is 2. The van der Waals surface area contributed by atoms with Crippen molar-refractivity contribution in [2.75, 3.05) is 27.4 Å². The third-order valence-electron chi connectivity index (χ3n) is 2.52. The van der Waals surface area contributed by atoms with Crippen molar-refractivity contribution in [1.82, 2.24) is 5.32 Å². The summed E-state index contributed by atoms with van der Waals surface area (Å²) in [5.74, 6) is 1.26. The van der Waals surface area contributed by atoms with E-state index < -0.39 is 0 Å². The summed E-state index contributed by atoms with van der Waals surface area (Å²) in [6.07, 6.45) is 1.01. The van der Waals surface area contributed by atoms with Crippen LogP contribution >= 0.6 is 0 Å². The summed E-state index contributed by atoms with van der Waals surface area (Å²) in [6, 6.07) is 5.58. The highest BCUT2D eigenvalue weighted by molar-refractivity contribution is 5.76. The van der Waals surface area contributed by atoms with Crippen LogP contribution in [-0.4, -0.2) is 38.4 Å². The monoisotopic (exact) mass is 253 g/mol. The number of benzene rings is 1. The van der Waals surface area contributed by atoms with Crippen molar-refractivity contribution >= 4 is 5.91 Å². The van der Waals surface area contributed by atoms with Gasteiger partial charge in [0.2, 0.25) is 5.91 Å². The van der Waals surface area contributed by atoms with Crippen molar-refractivity contribution in [1.29, 1.82) is 0 Å². The van der Waals surface area contributed by atoms with E-state index >= 15 is 0 Å². The smallest absolute Gasteiger partial charge is 0.220 e. The first-order chi connectivity index (χ1) is 8.71. The first kappa shape index (κ1) is 14.3. The first-order valence-electron chi connectivity index (χ1n) is 5.79. The molecule has 0 saturated carbocycles. The summed E-state index contributed by atoms with van der Waals surface area (Å²) in [5.41, 5.74) is 1.01. The standard InChI is InChI=1S/C13H19NO4/c1-17-11-5-3-10(9-12(11)18-2)4-6-13(16)14-7-8-15/h3,5,9,15H,4,6-8H2,1-2H3,(H,14,16). The number of amides is 1. The average Bonchev–Trinajstić information content (AvgIpc) is 2.42. The minimum Gasteiger partial charge on any atom is -0.493 e. The maximum absolute atomic E-state index is 11.4. The van der Waals surface area contributed by atoms with Crippen LogP contribution in [0.25, 0.3) is 0 Å². The number of nitrogens with one attached hydrogen (secondary N) is 1. The number of carbonyl (C=O) groups is 1. The summed E-state index contributed by atoms with van der Waals surface area (Å²) in [6.45, 7) is 0.257. The molecule has 18 heavy (non-hydrogen) atoms. The molecule has 5 nitrogen and oxygen atoms in total. The van der Waals surface area contributed by atoms with Gasteiger partial charge in [0.25, 0.3) is 0 Å². The highest BCUT2D eigenvalue weighted by atomic mass is 16.5. The zero-order chi connectivity index (χ0) is 13.4. The Kier molecular flexibility index (Phi) is 6.00. The largest absolute Gasteiger partial charge is 0.493 e. The highest BCUT2D eigenvalue weighted by Crippen LogP contribution is 2.27. The lowest BCUT2D eigenvalue weighted by molar-refractivity contribution is -0.121. The molecule has 1 aromatic rings. The molecule has 0 atom stereocenters. The lowest BCUT2D eigenvalue weighted by Gasteiger charge is -2.09. The van der Waals surface area contributed by atoms with Crippen molar-refractivity contribution in [3.63, 3.8) is 0 Å². The van der Waals surface area contributed by atoms with Gasteiger partial charge in [-0.3, -0.25) is 4.79 Å². The van der Waals surface area contributed by atoms with E-state index in [0.717, 1.165) is 5.56 Å². The third-order valence-corrected chi connectivity index (χ3v) is 2.52. The molecule has 0 saturated heterocycles. The number of carbonyl (C=O) groups excluding carboxylic acids is 1. The van der Waals surface area contributed by atoms with Gasteiger partial charge < -0.3 is 19.9 Å². The van der Waals surface area contributed by atoms with Crippen LogP contribution in [0.3, 0.4) is 0 Å². The van der Waals surface area contributed by atoms with E-state index in [1.807, 2.05) is 18.2 Å². The second-order valence-electron chi connectivity index (χ2n) is 3.76. The molecule has 2 N–H and O–H groups in total. The van der Waals surface area contributed by atoms with E-state index in [1.54, 1.807) is 14.2 Å². The fourth-order valence-corrected chi connectivity index (χ4v) is 1.58. The van der Waals surface area contributed by atoms with Crippen LogP contribution in [0.4, 0.5) is 0 Å². The van der Waals surface area contributed by atoms with Crippen LogP contribution in [0.1, 0.15) is 12.0 Å². The Morgan fingerprint density at radius 2 is 2.00 bits per heavy atom. The SMILES string of the molecule is COc1ccc(CCC(=O)NCCO)cc1OC. The number of hydrogen-bond acceptors (Lipinski definition) is 4. The van der Waals surface area contributed by atoms with Gasteiger partial charge in [-0.1, -0.05) is 6.07 Å². The predicted octanol–water partition coefficient (Wildman–Crippen LogP) is 0.745. The van der Waals surface area contributed by atoms with Gasteiger partial charge in [0.15, 0.2) is 11.5 Å². The minimum absolute atomic E-state index is 0.0396. The van der Waals surface area contributed by atoms with Gasteiger partial charge in [0, 0.05) is 13.0 Å². The number of aryl methyl sites for hydroxylation is 1. The van der Waals surface area contributed by atoms with Crippen LogP contribution in [0.2, 0.25) is 0 Å². The predicted molar refractivity (Wildman–Crippen MR) is 68.0 cm³/mol. The molecular formula is C13H19NO4. The summed E-state index contributed by atoms with van der Waals surface area (Å²) >= 11 is 0. The number of hydrogen-bond donors (Lipinski definition) is 2. The van der Waals surface area contributed by atoms with E-state index in [-0.39, 0.29) is 12.5 Å². The molecule has 0 aliphatic rings. The second kappa shape index (κ2) is 7.55. The summed E-state index contributed by atoms with van der Waals surface area (Å²) < 4.78 is 10.3. The summed E-state index contributed by atoms with van der Waals surface area (Å²) in [5, 5.41) is 11.2. The molecule has 1 rings (SSSR count). The normalized spacial score (nSPS) is 9.94. The number of aliphatic hydroxyl groups excluding tert-OH is 1.